The van der Waals surface area contributed by atoms with E-state index >= 15 is 0 Å². The Morgan fingerprint density at radius 3 is 2.67 bits per heavy atom. The number of nitrogens with one attached hydrogen (secondary N) is 3. The second kappa shape index (κ2) is 6.00. The third-order valence-electron chi connectivity index (χ3n) is 1.74. The number of aromatic amines is 2. The molecule has 1 heterocycles. The van der Waals surface area contributed by atoms with E-state index in [2.05, 4.69) is 10.4 Å². The van der Waals surface area contributed by atoms with Crippen LogP contribution in [0, 0.1) is 0 Å². The average molecular weight is 274 g/mol. The highest BCUT2D eigenvalue weighted by atomic mass is 32.2. The van der Waals surface area contributed by atoms with Crippen LogP contribution in [0.25, 0.3) is 0 Å². The number of carboxylic acids is 1. The highest BCUT2D eigenvalue weighted by Crippen LogP contribution is 2.10. The Hall–Kier alpha value is -2.10. The zero-order valence-corrected chi connectivity index (χ0v) is 10.0. The number of carbonyl (C=O) groups excluding carboxylic acids is 1. The van der Waals surface area contributed by atoms with E-state index in [9.17, 15) is 19.2 Å². The molecular weight excluding hydrogens is 264 g/mol. The second-order valence-electron chi connectivity index (χ2n) is 3.21. The minimum Gasteiger partial charge on any atom is -0.480 e. The largest absolute Gasteiger partial charge is 0.480 e. The average Bonchev–Trinajstić information content (AvgIpc) is 2.25. The molecule has 1 aromatic rings. The van der Waals surface area contributed by atoms with Crippen LogP contribution in [0.4, 0.5) is 0 Å². The van der Waals surface area contributed by atoms with Crippen molar-refractivity contribution >= 4 is 23.6 Å². The molecule has 0 spiro atoms. The highest BCUT2D eigenvalue weighted by molar-refractivity contribution is 7.99. The topological polar surface area (TPSA) is 145 Å². The number of rotatable bonds is 5. The molecule has 0 aliphatic carbocycles. The fourth-order valence-corrected chi connectivity index (χ4v) is 1.86. The number of H-pyrrole nitrogens is 2. The number of carboxylic acid groups (broad SMARTS) is 1. The fraction of sp³-hybridized carbons (Fsp3) is 0.375. The van der Waals surface area contributed by atoms with Crippen molar-refractivity contribution in [3.8, 4) is 0 Å². The Balaban J connectivity index is 2.73. The van der Waals surface area contributed by atoms with Gasteiger partial charge in [-0.2, -0.15) is 5.10 Å². The first kappa shape index (κ1) is 14.0. The zero-order valence-electron chi connectivity index (χ0n) is 9.22. The maximum Gasteiger partial charge on any atom is 0.342 e. The quantitative estimate of drug-likeness (QED) is 0.460. The van der Waals surface area contributed by atoms with E-state index in [1.54, 1.807) is 0 Å². The second-order valence-corrected chi connectivity index (χ2v) is 4.22. The Kier molecular flexibility index (Phi) is 4.66. The van der Waals surface area contributed by atoms with Gasteiger partial charge in [0.15, 0.2) is 5.03 Å². The van der Waals surface area contributed by atoms with E-state index in [0.717, 1.165) is 11.8 Å². The maximum absolute atomic E-state index is 11.3. The molecule has 98 valence electrons. The van der Waals surface area contributed by atoms with Crippen LogP contribution < -0.4 is 16.6 Å². The fourth-order valence-electron chi connectivity index (χ4n) is 1.02. The molecule has 18 heavy (non-hydrogen) atoms. The molecule has 1 amide bonds. The van der Waals surface area contributed by atoms with Gasteiger partial charge in [-0.25, -0.2) is 14.7 Å². The summed E-state index contributed by atoms with van der Waals surface area (Å²) in [6, 6.07) is -1.14. The Morgan fingerprint density at radius 1 is 1.50 bits per heavy atom. The lowest BCUT2D eigenvalue weighted by Gasteiger charge is -2.11. The molecule has 10 heteroatoms. The van der Waals surface area contributed by atoms with E-state index in [0.29, 0.717) is 0 Å². The molecule has 4 N–H and O–H groups in total. The lowest BCUT2D eigenvalue weighted by atomic mass is 10.3. The monoisotopic (exact) mass is 274 g/mol. The van der Waals surface area contributed by atoms with Crippen LogP contribution in [0.5, 0.6) is 0 Å². The van der Waals surface area contributed by atoms with Gasteiger partial charge < -0.3 is 10.4 Å². The lowest BCUT2D eigenvalue weighted by Crippen LogP contribution is -2.41. The molecule has 0 fully saturated rings. The molecule has 0 aliphatic rings. The third kappa shape index (κ3) is 4.05. The van der Waals surface area contributed by atoms with Crippen molar-refractivity contribution in [1.82, 2.24) is 20.5 Å². The molecule has 9 nitrogen and oxygen atoms in total. The van der Waals surface area contributed by atoms with Gasteiger partial charge in [-0.3, -0.25) is 14.6 Å². The van der Waals surface area contributed by atoms with E-state index in [4.69, 9.17) is 5.11 Å². The molecule has 1 rings (SSSR count). The van der Waals surface area contributed by atoms with E-state index in [-0.39, 0.29) is 10.8 Å². The summed E-state index contributed by atoms with van der Waals surface area (Å²) in [5.41, 5.74) is -1.46. The van der Waals surface area contributed by atoms with Crippen LogP contribution in [0.15, 0.2) is 14.6 Å². The first-order chi connectivity index (χ1) is 8.40. The predicted molar refractivity (Wildman–Crippen MR) is 61.4 cm³/mol. The van der Waals surface area contributed by atoms with Crippen molar-refractivity contribution in [2.75, 3.05) is 5.75 Å². The summed E-state index contributed by atoms with van der Waals surface area (Å²) in [4.78, 5) is 45.5. The summed E-state index contributed by atoms with van der Waals surface area (Å²) >= 11 is 0.814. The van der Waals surface area contributed by atoms with Gasteiger partial charge in [0.2, 0.25) is 5.91 Å². The highest BCUT2D eigenvalue weighted by Gasteiger charge is 2.19. The summed E-state index contributed by atoms with van der Waals surface area (Å²) in [6.07, 6.45) is 0. The summed E-state index contributed by atoms with van der Waals surface area (Å²) in [6.45, 7) is 1.19. The number of amides is 1. The number of carbonyl (C=O) groups is 2. The summed E-state index contributed by atoms with van der Waals surface area (Å²) < 4.78 is 0. The number of aliphatic carboxylic acids is 1. The molecule has 1 atom stereocenters. The van der Waals surface area contributed by atoms with Gasteiger partial charge in [-0.1, -0.05) is 11.8 Å². The van der Waals surface area contributed by atoms with Gasteiger partial charge in [-0.15, -0.1) is 0 Å². The smallest absolute Gasteiger partial charge is 0.342 e. The number of aromatic nitrogens is 3. The molecule has 0 saturated carbocycles. The number of hydrogen-bond acceptors (Lipinski definition) is 6. The first-order valence-electron chi connectivity index (χ1n) is 4.72. The van der Waals surface area contributed by atoms with Crippen LogP contribution in [-0.2, 0) is 9.59 Å². The van der Waals surface area contributed by atoms with Gasteiger partial charge in [0.1, 0.15) is 6.04 Å². The molecular formula is C8H10N4O5S. The normalized spacial score (nSPS) is 11.8. The Labute approximate surface area is 104 Å². The van der Waals surface area contributed by atoms with Crippen LogP contribution in [0.2, 0.25) is 0 Å². The molecule has 0 aromatic carbocycles. The van der Waals surface area contributed by atoms with Crippen molar-refractivity contribution in [3.05, 3.63) is 20.8 Å². The van der Waals surface area contributed by atoms with Crippen molar-refractivity contribution in [2.24, 2.45) is 0 Å². The lowest BCUT2D eigenvalue weighted by molar-refractivity contribution is -0.140. The minimum absolute atomic E-state index is 0.0776. The SMILES string of the molecule is CC(=O)NC(CSc1n[nH]c(=O)[nH]c1=O)C(=O)O. The number of hydrogen-bond donors (Lipinski definition) is 4. The maximum atomic E-state index is 11.3. The number of nitrogens with zero attached hydrogens (tertiary/aromatic N) is 1. The number of thioether (sulfide) groups is 1. The Bertz CT molecular complexity index is 565. The van der Waals surface area contributed by atoms with E-state index < -0.39 is 29.2 Å². The van der Waals surface area contributed by atoms with Crippen LogP contribution in [0.3, 0.4) is 0 Å². The van der Waals surface area contributed by atoms with Gasteiger partial charge in [0.25, 0.3) is 5.56 Å². The van der Waals surface area contributed by atoms with E-state index in [1.165, 1.54) is 6.92 Å². The zero-order chi connectivity index (χ0) is 13.7. The summed E-state index contributed by atoms with van der Waals surface area (Å²) in [5.74, 6) is -1.80. The standard InChI is InChI=1S/C8H10N4O5S/c1-3(13)9-4(7(15)16)2-18-6-5(14)10-8(17)12-11-6/h4H,2H2,1H3,(H,9,13)(H,15,16)(H2,10,12,14,17). The van der Waals surface area contributed by atoms with Gasteiger partial charge in [0.05, 0.1) is 0 Å². The Morgan fingerprint density at radius 2 is 2.17 bits per heavy atom. The van der Waals surface area contributed by atoms with Crippen LogP contribution in [-0.4, -0.2) is 44.0 Å². The van der Waals surface area contributed by atoms with Gasteiger partial charge in [-0.05, 0) is 0 Å². The summed E-state index contributed by atoms with van der Waals surface area (Å²) in [5, 5.41) is 16.4. The molecule has 0 aliphatic heterocycles. The van der Waals surface area contributed by atoms with Crippen LogP contribution in [0.1, 0.15) is 6.92 Å². The minimum atomic E-state index is -1.22. The molecule has 1 aromatic heterocycles. The van der Waals surface area contributed by atoms with Crippen LogP contribution >= 0.6 is 11.8 Å². The predicted octanol–water partition coefficient (Wildman–Crippen LogP) is -1.86. The molecule has 0 saturated heterocycles. The van der Waals surface area contributed by atoms with Crippen molar-refractivity contribution in [3.63, 3.8) is 0 Å². The molecule has 1 unspecified atom stereocenters. The van der Waals surface area contributed by atoms with Crippen molar-refractivity contribution in [2.45, 2.75) is 18.0 Å². The van der Waals surface area contributed by atoms with Gasteiger partial charge >= 0.3 is 11.7 Å². The first-order valence-corrected chi connectivity index (χ1v) is 5.70. The summed E-state index contributed by atoms with van der Waals surface area (Å²) in [7, 11) is 0. The third-order valence-corrected chi connectivity index (χ3v) is 2.79. The molecule has 0 bridgehead atoms. The van der Waals surface area contributed by atoms with Crippen molar-refractivity contribution in [1.29, 1.82) is 0 Å². The molecule has 0 radical (unpaired) electrons. The van der Waals surface area contributed by atoms with Gasteiger partial charge in [0, 0.05) is 12.7 Å². The van der Waals surface area contributed by atoms with E-state index in [1.807, 2.05) is 10.1 Å². The van der Waals surface area contributed by atoms with Crippen molar-refractivity contribution < 1.29 is 14.7 Å².